The van der Waals surface area contributed by atoms with Gasteiger partial charge in [-0.25, -0.2) is 0 Å². The average Bonchev–Trinajstić information content (AvgIpc) is 2.82. The summed E-state index contributed by atoms with van der Waals surface area (Å²) in [6.45, 7) is 2.93. The summed E-state index contributed by atoms with van der Waals surface area (Å²) >= 11 is 0. The summed E-state index contributed by atoms with van der Waals surface area (Å²) in [6, 6.07) is 12.5. The van der Waals surface area contributed by atoms with E-state index in [0.717, 1.165) is 24.4 Å². The number of anilines is 1. The molecule has 0 spiro atoms. The van der Waals surface area contributed by atoms with Crippen molar-refractivity contribution in [2.45, 2.75) is 26.3 Å². The van der Waals surface area contributed by atoms with Crippen molar-refractivity contribution in [3.63, 3.8) is 0 Å². The van der Waals surface area contributed by atoms with Crippen molar-refractivity contribution in [2.24, 2.45) is 0 Å². The van der Waals surface area contributed by atoms with Crippen molar-refractivity contribution in [3.05, 3.63) is 54.0 Å². The van der Waals surface area contributed by atoms with Crippen LogP contribution >= 0.6 is 0 Å². The first-order valence-electron chi connectivity index (χ1n) is 5.73. The number of hydrogen-bond acceptors (Lipinski definition) is 2. The van der Waals surface area contributed by atoms with E-state index >= 15 is 0 Å². The minimum atomic E-state index is 0.736. The molecule has 1 N–H and O–H groups in total. The molecule has 0 unspecified atom stereocenters. The molecule has 0 aliphatic heterocycles. The van der Waals surface area contributed by atoms with Gasteiger partial charge in [-0.3, -0.25) is 0 Å². The van der Waals surface area contributed by atoms with E-state index in [1.54, 1.807) is 6.26 Å². The molecular weight excluding hydrogens is 198 g/mol. The molecule has 16 heavy (non-hydrogen) atoms. The van der Waals surface area contributed by atoms with Gasteiger partial charge in [0.25, 0.3) is 0 Å². The zero-order valence-corrected chi connectivity index (χ0v) is 9.57. The second-order valence-electron chi connectivity index (χ2n) is 3.88. The Morgan fingerprint density at radius 1 is 1.12 bits per heavy atom. The summed E-state index contributed by atoms with van der Waals surface area (Å²) in [5, 5.41) is 3.32. The molecule has 2 rings (SSSR count). The second-order valence-corrected chi connectivity index (χ2v) is 3.88. The van der Waals surface area contributed by atoms with Gasteiger partial charge in [-0.05, 0) is 36.2 Å². The molecular formula is C14H17NO. The molecule has 0 radical (unpaired) electrons. The maximum Gasteiger partial charge on any atom is 0.122 e. The Hall–Kier alpha value is -1.70. The van der Waals surface area contributed by atoms with Crippen molar-refractivity contribution in [3.8, 4) is 0 Å². The molecule has 84 valence electrons. The maximum absolute atomic E-state index is 5.26. The van der Waals surface area contributed by atoms with Crippen molar-refractivity contribution in [2.75, 3.05) is 5.32 Å². The lowest BCUT2D eigenvalue weighted by atomic mass is 10.1. The molecule has 2 heteroatoms. The standard InChI is InChI=1S/C14H17NO/c1-2-4-12-6-8-13(9-7-12)15-11-14-5-3-10-16-14/h3,5-10,15H,2,4,11H2,1H3. The molecule has 0 saturated heterocycles. The van der Waals surface area contributed by atoms with Crippen LogP contribution in [0, 0.1) is 0 Å². The van der Waals surface area contributed by atoms with E-state index in [2.05, 4.69) is 36.5 Å². The molecule has 0 bridgehead atoms. The summed E-state index contributed by atoms with van der Waals surface area (Å²) in [5.41, 5.74) is 2.53. The summed E-state index contributed by atoms with van der Waals surface area (Å²) in [6.07, 6.45) is 4.04. The van der Waals surface area contributed by atoms with Crippen LogP contribution in [0.25, 0.3) is 0 Å². The molecule has 0 atom stereocenters. The van der Waals surface area contributed by atoms with Crippen LogP contribution in [0.3, 0.4) is 0 Å². The van der Waals surface area contributed by atoms with Crippen molar-refractivity contribution in [1.29, 1.82) is 0 Å². The van der Waals surface area contributed by atoms with Gasteiger partial charge in [0, 0.05) is 5.69 Å². The highest BCUT2D eigenvalue weighted by Crippen LogP contribution is 2.12. The maximum atomic E-state index is 5.26. The van der Waals surface area contributed by atoms with Gasteiger partial charge < -0.3 is 9.73 Å². The summed E-state index contributed by atoms with van der Waals surface area (Å²) in [7, 11) is 0. The number of rotatable bonds is 5. The van der Waals surface area contributed by atoms with Gasteiger partial charge in [-0.2, -0.15) is 0 Å². The van der Waals surface area contributed by atoms with Gasteiger partial charge in [-0.15, -0.1) is 0 Å². The van der Waals surface area contributed by atoms with Gasteiger partial charge in [0.2, 0.25) is 0 Å². The Labute approximate surface area is 96.3 Å². The van der Waals surface area contributed by atoms with Gasteiger partial charge in [0.05, 0.1) is 12.8 Å². The third-order valence-electron chi connectivity index (χ3n) is 2.54. The molecule has 0 saturated carbocycles. The van der Waals surface area contributed by atoms with Crippen LogP contribution in [0.2, 0.25) is 0 Å². The van der Waals surface area contributed by atoms with E-state index < -0.39 is 0 Å². The fraction of sp³-hybridized carbons (Fsp3) is 0.286. The number of nitrogens with one attached hydrogen (secondary N) is 1. The highest BCUT2D eigenvalue weighted by molar-refractivity contribution is 5.44. The summed E-state index contributed by atoms with van der Waals surface area (Å²) in [4.78, 5) is 0. The average molecular weight is 215 g/mol. The Morgan fingerprint density at radius 3 is 2.56 bits per heavy atom. The van der Waals surface area contributed by atoms with E-state index in [-0.39, 0.29) is 0 Å². The summed E-state index contributed by atoms with van der Waals surface area (Å²) < 4.78 is 5.26. The van der Waals surface area contributed by atoms with Crippen LogP contribution in [0.1, 0.15) is 24.7 Å². The van der Waals surface area contributed by atoms with Crippen LogP contribution in [0.4, 0.5) is 5.69 Å². The lowest BCUT2D eigenvalue weighted by Crippen LogP contribution is -1.97. The molecule has 1 heterocycles. The topological polar surface area (TPSA) is 25.2 Å². The van der Waals surface area contributed by atoms with Gasteiger partial charge in [-0.1, -0.05) is 25.5 Å². The van der Waals surface area contributed by atoms with Crippen LogP contribution in [0.15, 0.2) is 47.1 Å². The molecule has 0 aliphatic rings. The quantitative estimate of drug-likeness (QED) is 0.819. The summed E-state index contributed by atoms with van der Waals surface area (Å²) in [5.74, 6) is 0.956. The first-order chi connectivity index (χ1) is 7.88. The molecule has 0 amide bonds. The predicted octanol–water partition coefficient (Wildman–Crippen LogP) is 3.84. The lowest BCUT2D eigenvalue weighted by Gasteiger charge is -2.05. The molecule has 1 aromatic heterocycles. The fourth-order valence-electron chi connectivity index (χ4n) is 1.68. The fourth-order valence-corrected chi connectivity index (χ4v) is 1.68. The zero-order valence-electron chi connectivity index (χ0n) is 9.57. The van der Waals surface area contributed by atoms with Crippen LogP contribution in [-0.4, -0.2) is 0 Å². The highest BCUT2D eigenvalue weighted by atomic mass is 16.3. The van der Waals surface area contributed by atoms with Crippen LogP contribution in [-0.2, 0) is 13.0 Å². The second kappa shape index (κ2) is 5.40. The predicted molar refractivity (Wildman–Crippen MR) is 66.5 cm³/mol. The minimum absolute atomic E-state index is 0.736. The Kier molecular flexibility index (Phi) is 3.65. The number of hydrogen-bond donors (Lipinski definition) is 1. The third kappa shape index (κ3) is 2.89. The lowest BCUT2D eigenvalue weighted by molar-refractivity contribution is 0.518. The largest absolute Gasteiger partial charge is 0.467 e. The molecule has 1 aromatic carbocycles. The van der Waals surface area contributed by atoms with Gasteiger partial charge >= 0.3 is 0 Å². The normalized spacial score (nSPS) is 10.3. The molecule has 0 fully saturated rings. The number of aryl methyl sites for hydroxylation is 1. The van der Waals surface area contributed by atoms with E-state index in [0.29, 0.717) is 0 Å². The van der Waals surface area contributed by atoms with Crippen molar-refractivity contribution >= 4 is 5.69 Å². The SMILES string of the molecule is CCCc1ccc(NCc2ccco2)cc1. The molecule has 2 nitrogen and oxygen atoms in total. The Morgan fingerprint density at radius 2 is 1.94 bits per heavy atom. The number of benzene rings is 1. The smallest absolute Gasteiger partial charge is 0.122 e. The van der Waals surface area contributed by atoms with Crippen molar-refractivity contribution < 1.29 is 4.42 Å². The number of furan rings is 1. The van der Waals surface area contributed by atoms with Gasteiger partial charge in [0.15, 0.2) is 0 Å². The van der Waals surface area contributed by atoms with Crippen molar-refractivity contribution in [1.82, 2.24) is 0 Å². The first kappa shape index (κ1) is 10.8. The van der Waals surface area contributed by atoms with E-state index in [1.807, 2.05) is 12.1 Å². The van der Waals surface area contributed by atoms with E-state index in [1.165, 1.54) is 12.0 Å². The van der Waals surface area contributed by atoms with E-state index in [9.17, 15) is 0 Å². The Balaban J connectivity index is 1.90. The highest BCUT2D eigenvalue weighted by Gasteiger charge is 1.96. The molecule has 2 aromatic rings. The van der Waals surface area contributed by atoms with Gasteiger partial charge in [0.1, 0.15) is 5.76 Å². The first-order valence-corrected chi connectivity index (χ1v) is 5.73. The Bertz CT molecular complexity index is 403. The zero-order chi connectivity index (χ0) is 11.2. The van der Waals surface area contributed by atoms with Crippen LogP contribution in [0.5, 0.6) is 0 Å². The molecule has 0 aliphatic carbocycles. The third-order valence-corrected chi connectivity index (χ3v) is 2.54. The minimum Gasteiger partial charge on any atom is -0.467 e. The van der Waals surface area contributed by atoms with E-state index in [4.69, 9.17) is 4.42 Å². The van der Waals surface area contributed by atoms with Crippen LogP contribution < -0.4 is 5.32 Å². The monoisotopic (exact) mass is 215 g/mol.